The van der Waals surface area contributed by atoms with E-state index in [-0.39, 0.29) is 24.6 Å². The van der Waals surface area contributed by atoms with Crippen LogP contribution in [0.2, 0.25) is 0 Å². The zero-order valence-electron chi connectivity index (χ0n) is 15.0. The van der Waals surface area contributed by atoms with Gasteiger partial charge in [-0.3, -0.25) is 9.59 Å². The molecule has 0 unspecified atom stereocenters. The second kappa shape index (κ2) is 7.24. The second-order valence-corrected chi connectivity index (χ2v) is 8.24. The lowest BCUT2D eigenvalue weighted by Crippen LogP contribution is -2.55. The normalized spacial score (nSPS) is 25.9. The summed E-state index contributed by atoms with van der Waals surface area (Å²) < 4.78 is 9.96. The molecule has 0 spiro atoms. The van der Waals surface area contributed by atoms with Gasteiger partial charge in [0.2, 0.25) is 0 Å². The van der Waals surface area contributed by atoms with Gasteiger partial charge in [0.25, 0.3) is 0 Å². The maximum atomic E-state index is 12.9. The predicted molar refractivity (Wildman–Crippen MR) is 103 cm³/mol. The first-order valence-electron chi connectivity index (χ1n) is 8.93. The van der Waals surface area contributed by atoms with Gasteiger partial charge in [0.05, 0.1) is 5.92 Å². The summed E-state index contributed by atoms with van der Waals surface area (Å²) in [6.45, 7) is 2.21. The van der Waals surface area contributed by atoms with Crippen LogP contribution in [-0.2, 0) is 25.7 Å². The van der Waals surface area contributed by atoms with Gasteiger partial charge in [0.1, 0.15) is 17.5 Å². The molecule has 2 aromatic rings. The maximum Gasteiger partial charge on any atom is 0.328 e. The highest BCUT2D eigenvalue weighted by Gasteiger charge is 2.57. The largest absolute Gasteiger partial charge is 0.461 e. The fourth-order valence-electron chi connectivity index (χ4n) is 3.43. The number of carbonyl (C=O) groups is 2. The Kier molecular flexibility index (Phi) is 4.79. The van der Waals surface area contributed by atoms with E-state index < -0.39 is 10.7 Å². The van der Waals surface area contributed by atoms with E-state index >= 15 is 0 Å². The molecule has 138 valence electrons. The van der Waals surface area contributed by atoms with Crippen molar-refractivity contribution < 1.29 is 19.1 Å². The van der Waals surface area contributed by atoms with Crippen LogP contribution in [0, 0.1) is 12.8 Å². The maximum absolute atomic E-state index is 12.9. The minimum atomic E-state index is -1.07. The second-order valence-electron chi connectivity index (χ2n) is 6.89. The molecule has 5 heteroatoms. The van der Waals surface area contributed by atoms with E-state index in [1.54, 1.807) is 0 Å². The van der Waals surface area contributed by atoms with E-state index in [0.29, 0.717) is 6.42 Å². The number of carbonyl (C=O) groups excluding carboxylic acids is 2. The number of aryl methyl sites for hydroxylation is 1. The molecule has 5 rings (SSSR count). The molecule has 3 atom stereocenters. The third-order valence-electron chi connectivity index (χ3n) is 4.94. The van der Waals surface area contributed by atoms with Gasteiger partial charge in [-0.2, -0.15) is 0 Å². The molecule has 2 heterocycles. The molecule has 0 N–H and O–H groups in total. The Bertz CT molecular complexity index is 875. The smallest absolute Gasteiger partial charge is 0.328 e. The van der Waals surface area contributed by atoms with Crippen LogP contribution >= 0.6 is 11.8 Å². The third kappa shape index (κ3) is 3.52. The molecular formula is C22H20O4S. The lowest BCUT2D eigenvalue weighted by molar-refractivity contribution is -0.169. The lowest BCUT2D eigenvalue weighted by atomic mass is 9.79. The van der Waals surface area contributed by atoms with E-state index in [0.717, 1.165) is 16.0 Å². The number of fused-ring (bicyclic) bond motifs is 2. The summed E-state index contributed by atoms with van der Waals surface area (Å²) in [4.78, 5) is 26.5. The Morgan fingerprint density at radius 3 is 2.63 bits per heavy atom. The summed E-state index contributed by atoms with van der Waals surface area (Å²) in [7, 11) is 0. The molecule has 2 bridgehead atoms. The molecule has 0 amide bonds. The van der Waals surface area contributed by atoms with Crippen molar-refractivity contribution in [3.8, 4) is 0 Å². The van der Waals surface area contributed by atoms with Gasteiger partial charge in [-0.15, -0.1) is 11.8 Å². The fraction of sp³-hybridized carbons (Fsp3) is 0.273. The number of thioether (sulfide) groups is 1. The average molecular weight is 380 g/mol. The summed E-state index contributed by atoms with van der Waals surface area (Å²) in [5, 5.41) is 0. The van der Waals surface area contributed by atoms with E-state index in [2.05, 4.69) is 0 Å². The standard InChI is InChI=1S/C22H20O4S/c1-15-7-9-18(10-8-15)27-22-12-11-17(26-21(22)24)13-19(22)20(23)25-14-16-5-3-2-4-6-16/h2-12,17,19H,13-14H2,1H3/t17-,19-,22-/m0/s1. The van der Waals surface area contributed by atoms with Crippen LogP contribution in [0.1, 0.15) is 17.5 Å². The molecule has 27 heavy (non-hydrogen) atoms. The molecule has 2 aromatic carbocycles. The Morgan fingerprint density at radius 2 is 1.93 bits per heavy atom. The first kappa shape index (κ1) is 17.9. The molecule has 1 aliphatic carbocycles. The highest BCUT2D eigenvalue weighted by atomic mass is 32.2. The highest BCUT2D eigenvalue weighted by Crippen LogP contribution is 2.49. The summed E-state index contributed by atoms with van der Waals surface area (Å²) in [6, 6.07) is 17.4. The van der Waals surface area contributed by atoms with Gasteiger partial charge in [0.15, 0.2) is 0 Å². The van der Waals surface area contributed by atoms with Crippen LogP contribution in [0.25, 0.3) is 0 Å². The molecule has 0 radical (unpaired) electrons. The third-order valence-corrected chi connectivity index (χ3v) is 6.37. The number of benzene rings is 2. The van der Waals surface area contributed by atoms with Crippen molar-refractivity contribution >= 4 is 23.7 Å². The summed E-state index contributed by atoms with van der Waals surface area (Å²) in [5.41, 5.74) is 2.06. The predicted octanol–water partition coefficient (Wildman–Crippen LogP) is 4.07. The molecular weight excluding hydrogens is 360 g/mol. The molecule has 0 saturated carbocycles. The van der Waals surface area contributed by atoms with Gasteiger partial charge < -0.3 is 9.47 Å². The first-order chi connectivity index (χ1) is 13.1. The van der Waals surface area contributed by atoms with Crippen LogP contribution in [0.5, 0.6) is 0 Å². The Morgan fingerprint density at radius 1 is 1.19 bits per heavy atom. The van der Waals surface area contributed by atoms with Crippen molar-refractivity contribution in [2.75, 3.05) is 0 Å². The van der Waals surface area contributed by atoms with Crippen LogP contribution in [0.15, 0.2) is 71.6 Å². The van der Waals surface area contributed by atoms with E-state index in [9.17, 15) is 9.59 Å². The van der Waals surface area contributed by atoms with Crippen LogP contribution in [-0.4, -0.2) is 22.8 Å². The number of hydrogen-bond acceptors (Lipinski definition) is 5. The lowest BCUT2D eigenvalue weighted by Gasteiger charge is -2.44. The van der Waals surface area contributed by atoms with Crippen molar-refractivity contribution in [2.24, 2.45) is 5.92 Å². The number of rotatable bonds is 5. The van der Waals surface area contributed by atoms with Gasteiger partial charge in [-0.25, -0.2) is 0 Å². The van der Waals surface area contributed by atoms with Crippen molar-refractivity contribution in [2.45, 2.75) is 35.7 Å². The van der Waals surface area contributed by atoms with Gasteiger partial charge in [-0.1, -0.05) is 54.1 Å². The van der Waals surface area contributed by atoms with Gasteiger partial charge in [0, 0.05) is 11.3 Å². The van der Waals surface area contributed by atoms with Crippen LogP contribution in [0.3, 0.4) is 0 Å². The molecule has 0 aromatic heterocycles. The van der Waals surface area contributed by atoms with Crippen molar-refractivity contribution in [3.63, 3.8) is 0 Å². The van der Waals surface area contributed by atoms with Crippen LogP contribution in [0.4, 0.5) is 0 Å². The zero-order valence-corrected chi connectivity index (χ0v) is 15.8. The molecule has 1 fully saturated rings. The molecule has 3 aliphatic rings. The minimum Gasteiger partial charge on any atom is -0.461 e. The summed E-state index contributed by atoms with van der Waals surface area (Å²) in [6.07, 6.45) is 3.80. The molecule has 4 nitrogen and oxygen atoms in total. The highest BCUT2D eigenvalue weighted by molar-refractivity contribution is 8.01. The van der Waals surface area contributed by atoms with Crippen molar-refractivity contribution in [1.82, 2.24) is 0 Å². The monoisotopic (exact) mass is 380 g/mol. The Labute approximate surface area is 162 Å². The van der Waals surface area contributed by atoms with E-state index in [1.807, 2.05) is 73.7 Å². The summed E-state index contributed by atoms with van der Waals surface area (Å²) in [5.74, 6) is -1.29. The minimum absolute atomic E-state index is 0.199. The van der Waals surface area contributed by atoms with Gasteiger partial charge >= 0.3 is 11.9 Å². The Balaban J connectivity index is 1.56. The number of hydrogen-bond donors (Lipinski definition) is 0. The SMILES string of the molecule is Cc1ccc(S[C@@]23C=C[C@@H](C[C@H]2C(=O)OCc2ccccc2)OC3=O)cc1. The quantitative estimate of drug-likeness (QED) is 0.578. The molecule has 2 aliphatic heterocycles. The zero-order chi connectivity index (χ0) is 18.9. The van der Waals surface area contributed by atoms with Crippen molar-refractivity contribution in [1.29, 1.82) is 0 Å². The summed E-state index contributed by atoms with van der Waals surface area (Å²) >= 11 is 1.36. The number of esters is 2. The molecule has 1 saturated heterocycles. The van der Waals surface area contributed by atoms with Crippen LogP contribution < -0.4 is 0 Å². The van der Waals surface area contributed by atoms with E-state index in [4.69, 9.17) is 9.47 Å². The van der Waals surface area contributed by atoms with E-state index in [1.165, 1.54) is 11.8 Å². The topological polar surface area (TPSA) is 52.6 Å². The van der Waals surface area contributed by atoms with Gasteiger partial charge in [-0.05, 0) is 30.7 Å². The first-order valence-corrected chi connectivity index (χ1v) is 9.75. The Hall–Kier alpha value is -2.53. The van der Waals surface area contributed by atoms with Crippen molar-refractivity contribution in [3.05, 3.63) is 77.9 Å². The number of ether oxygens (including phenoxy) is 2. The fourth-order valence-corrected chi connectivity index (χ4v) is 4.70. The average Bonchev–Trinajstić information content (AvgIpc) is 2.69.